The van der Waals surface area contributed by atoms with Gasteiger partial charge < -0.3 is 13.7 Å². The van der Waals surface area contributed by atoms with Crippen molar-refractivity contribution in [2.45, 2.75) is 85.5 Å². The van der Waals surface area contributed by atoms with Gasteiger partial charge in [0, 0.05) is 49.4 Å². The van der Waals surface area contributed by atoms with Crippen molar-refractivity contribution in [2.24, 2.45) is 0 Å². The van der Waals surface area contributed by atoms with Gasteiger partial charge in [0.2, 0.25) is 0 Å². The summed E-state index contributed by atoms with van der Waals surface area (Å²) in [4.78, 5) is 0. The Bertz CT molecular complexity index is 6010. The molecule has 0 unspecified atom stereocenters. The SMILES string of the molecule is CC(C)(C)c1c(-c2ccccc2)ccc2c1c1c(-c3ccccc3)cccc1n2-c1ccccc1.CC(C)(C)c1cccc2c1c1c(-c3ccccc3)cccc1n2-c1ccccc1.[2H]c1c([2H])c(C)c([2H])c(-c2ccc3c(c2C(C)(C)C)c2c(-c4ccccc4)cccc2n3-c2ccccc2)c1[2H]. The van der Waals surface area contributed by atoms with Gasteiger partial charge in [0.1, 0.15) is 0 Å². The maximum atomic E-state index is 8.97. The van der Waals surface area contributed by atoms with E-state index < -0.39 is 0 Å². The van der Waals surface area contributed by atoms with Crippen LogP contribution in [-0.4, -0.2) is 13.7 Å². The zero-order chi connectivity index (χ0) is 72.3. The van der Waals surface area contributed by atoms with Crippen LogP contribution in [-0.2, 0) is 16.2 Å². The Morgan fingerprint density at radius 2 is 0.530 bits per heavy atom. The highest BCUT2D eigenvalue weighted by molar-refractivity contribution is 6.21. The third kappa shape index (κ3) is 11.9. The van der Waals surface area contributed by atoms with Crippen molar-refractivity contribution in [3.63, 3.8) is 0 Å². The normalized spacial score (nSPS) is 12.5. The molecule has 0 aliphatic heterocycles. The van der Waals surface area contributed by atoms with Crippen LogP contribution in [0.5, 0.6) is 0 Å². The van der Waals surface area contributed by atoms with E-state index in [2.05, 4.69) is 355 Å². The molecular weight excluding hydrogens is 1210 g/mol. The summed E-state index contributed by atoms with van der Waals surface area (Å²) in [5, 5.41) is 7.57. The highest BCUT2D eigenvalue weighted by atomic mass is 15.0. The molecule has 100 heavy (non-hydrogen) atoms. The predicted molar refractivity (Wildman–Crippen MR) is 430 cm³/mol. The van der Waals surface area contributed by atoms with Gasteiger partial charge in [0.25, 0.3) is 0 Å². The van der Waals surface area contributed by atoms with Crippen molar-refractivity contribution >= 4 is 65.4 Å². The van der Waals surface area contributed by atoms with E-state index in [0.29, 0.717) is 11.1 Å². The summed E-state index contributed by atoms with van der Waals surface area (Å²) in [6.07, 6.45) is 0. The third-order valence-electron chi connectivity index (χ3n) is 19.4. The zero-order valence-corrected chi connectivity index (χ0v) is 58.8. The standard InChI is InChI=1S/C35H31N.C34H29N.C28H25N/c1-24-13-11-16-26(23-24)29-21-22-31-33(34(29)35(2,3)4)32-28(25-14-7-5-8-15-25)19-12-20-30(32)36(31)27-17-9-6-10-18-27;1-34(2,3)33-28(25-16-9-5-10-17-25)22-23-30-32(33)31-27(24-14-7-4-8-15-24)20-13-21-29(31)35(30)26-18-11-6-12-19-26;1-28(2,3)23-17-11-19-25-27(23)26-22(20-12-6-4-7-13-20)16-10-18-24(26)29(25)21-14-8-5-9-15-21/h5-23H,1-4H3;4-23H,1-3H3;4-19H,1-3H3/i11D,13D,16D,23D;;. The predicted octanol–water partition coefficient (Wildman–Crippen LogP) is 26.9. The molecule has 3 nitrogen and oxygen atoms in total. The monoisotopic (exact) mass is 1300 g/mol. The minimum atomic E-state index is -0.358. The summed E-state index contributed by atoms with van der Waals surface area (Å²) in [6.45, 7) is 22.1. The van der Waals surface area contributed by atoms with Crippen molar-refractivity contribution in [1.29, 1.82) is 0 Å². The van der Waals surface area contributed by atoms with E-state index >= 15 is 0 Å². The molecule has 0 aliphatic carbocycles. The molecule has 0 bridgehead atoms. The molecule has 0 saturated heterocycles. The lowest BCUT2D eigenvalue weighted by Gasteiger charge is -2.25. The molecule has 17 aromatic rings. The Labute approximate surface area is 595 Å². The number of aromatic nitrogens is 3. The molecule has 0 saturated carbocycles. The maximum absolute atomic E-state index is 8.97. The van der Waals surface area contributed by atoms with Gasteiger partial charge >= 0.3 is 0 Å². The van der Waals surface area contributed by atoms with E-state index in [0.717, 1.165) is 49.7 Å². The topological polar surface area (TPSA) is 14.8 Å². The van der Waals surface area contributed by atoms with Crippen LogP contribution < -0.4 is 0 Å². The molecule has 488 valence electrons. The fourth-order valence-electron chi connectivity index (χ4n) is 15.4. The Balaban J connectivity index is 0.000000127. The summed E-state index contributed by atoms with van der Waals surface area (Å²) in [5.74, 6) is 0. The average Bonchev–Trinajstić information content (AvgIpc) is 1.55. The minimum absolute atomic E-state index is 0.0513. The van der Waals surface area contributed by atoms with Gasteiger partial charge in [-0.3, -0.25) is 0 Å². The molecule has 0 aliphatic rings. The van der Waals surface area contributed by atoms with Gasteiger partial charge in [0.15, 0.2) is 0 Å². The molecule has 0 N–H and O–H groups in total. The van der Waals surface area contributed by atoms with E-state index in [1.165, 1.54) is 99.5 Å². The lowest BCUT2D eigenvalue weighted by atomic mass is 9.78. The molecule has 17 rings (SSSR count). The summed E-state index contributed by atoms with van der Waals surface area (Å²) >= 11 is 0. The Morgan fingerprint density at radius 3 is 0.870 bits per heavy atom. The highest BCUT2D eigenvalue weighted by Gasteiger charge is 2.30. The molecule has 3 heteroatoms. The van der Waals surface area contributed by atoms with Gasteiger partial charge in [-0.1, -0.05) is 329 Å². The van der Waals surface area contributed by atoms with E-state index in [4.69, 9.17) is 5.48 Å². The number of hydrogen-bond acceptors (Lipinski definition) is 0. The Morgan fingerprint density at radius 1 is 0.240 bits per heavy atom. The molecule has 0 spiro atoms. The van der Waals surface area contributed by atoms with Gasteiger partial charge in [-0.05, 0) is 168 Å². The highest BCUT2D eigenvalue weighted by Crippen LogP contribution is 2.50. The quantitative estimate of drug-likeness (QED) is 0.144. The maximum Gasteiger partial charge on any atom is 0.0632 e. The second kappa shape index (κ2) is 26.4. The van der Waals surface area contributed by atoms with Crippen LogP contribution >= 0.6 is 0 Å². The Hall–Kier alpha value is -11.5. The van der Waals surface area contributed by atoms with E-state index in [9.17, 15) is 0 Å². The third-order valence-corrected chi connectivity index (χ3v) is 19.4. The van der Waals surface area contributed by atoms with Gasteiger partial charge in [-0.2, -0.15) is 0 Å². The van der Waals surface area contributed by atoms with Crippen LogP contribution in [0.3, 0.4) is 0 Å². The largest absolute Gasteiger partial charge is 0.309 e. The second-order valence-corrected chi connectivity index (χ2v) is 29.3. The fraction of sp³-hybridized carbons (Fsp3) is 0.134. The molecular formula is C97H85N3. The number of benzene rings is 14. The van der Waals surface area contributed by atoms with Crippen molar-refractivity contribution in [2.75, 3.05) is 0 Å². The summed E-state index contributed by atoms with van der Waals surface area (Å²) in [5.41, 5.74) is 25.6. The fourth-order valence-corrected chi connectivity index (χ4v) is 15.4. The first-order chi connectivity index (χ1) is 50.2. The van der Waals surface area contributed by atoms with Crippen LogP contribution in [0.2, 0.25) is 0 Å². The molecule has 0 fully saturated rings. The minimum Gasteiger partial charge on any atom is -0.309 e. The molecule has 0 radical (unpaired) electrons. The van der Waals surface area contributed by atoms with Crippen LogP contribution in [0.1, 0.15) is 90.1 Å². The average molecular weight is 1300 g/mol. The number of nitrogens with zero attached hydrogens (tertiary/aromatic N) is 3. The molecule has 3 aromatic heterocycles. The number of para-hydroxylation sites is 3. The van der Waals surface area contributed by atoms with Gasteiger partial charge in [-0.15, -0.1) is 0 Å². The first kappa shape index (κ1) is 59.7. The number of fused-ring (bicyclic) bond motifs is 9. The van der Waals surface area contributed by atoms with Crippen LogP contribution in [0, 0.1) is 6.92 Å². The van der Waals surface area contributed by atoms with Crippen LogP contribution in [0.25, 0.3) is 138 Å². The van der Waals surface area contributed by atoms with E-state index in [1.54, 1.807) is 6.92 Å². The number of rotatable bonds is 8. The zero-order valence-electron chi connectivity index (χ0n) is 62.8. The van der Waals surface area contributed by atoms with E-state index in [-0.39, 0.29) is 40.4 Å². The summed E-state index contributed by atoms with van der Waals surface area (Å²) in [6, 6.07) is 110. The van der Waals surface area contributed by atoms with Crippen molar-refractivity contribution < 1.29 is 5.48 Å². The molecule has 3 heterocycles. The molecule has 0 atom stereocenters. The smallest absolute Gasteiger partial charge is 0.0632 e. The molecule has 14 aromatic carbocycles. The first-order valence-electron chi connectivity index (χ1n) is 36.9. The summed E-state index contributed by atoms with van der Waals surface area (Å²) < 4.78 is 41.8. The van der Waals surface area contributed by atoms with Crippen molar-refractivity contribution in [3.8, 4) is 72.7 Å². The van der Waals surface area contributed by atoms with Crippen LogP contribution in [0.4, 0.5) is 0 Å². The number of hydrogen-bond donors (Lipinski definition) is 0. The van der Waals surface area contributed by atoms with Crippen molar-refractivity contribution in [1.82, 2.24) is 13.7 Å². The van der Waals surface area contributed by atoms with Gasteiger partial charge in [-0.25, -0.2) is 0 Å². The lowest BCUT2D eigenvalue weighted by Crippen LogP contribution is -2.13. The Kier molecular flexibility index (Phi) is 15.8. The van der Waals surface area contributed by atoms with Crippen LogP contribution in [0.15, 0.2) is 334 Å². The van der Waals surface area contributed by atoms with Crippen molar-refractivity contribution in [3.05, 3.63) is 356 Å². The summed E-state index contributed by atoms with van der Waals surface area (Å²) in [7, 11) is 0. The van der Waals surface area contributed by atoms with Gasteiger partial charge in [0.05, 0.1) is 38.6 Å². The first-order valence-corrected chi connectivity index (χ1v) is 34.9. The molecule has 0 amide bonds. The lowest BCUT2D eigenvalue weighted by molar-refractivity contribution is 0.596. The van der Waals surface area contributed by atoms with E-state index in [1.807, 2.05) is 30.3 Å². The second-order valence-electron chi connectivity index (χ2n) is 29.3.